The zero-order chi connectivity index (χ0) is 20.5. The highest BCUT2D eigenvalue weighted by atomic mass is 79.9. The molecule has 0 amide bonds. The summed E-state index contributed by atoms with van der Waals surface area (Å²) >= 11 is 3.42. The van der Waals surface area contributed by atoms with Crippen molar-refractivity contribution in [2.24, 2.45) is 0 Å². The molecule has 3 heterocycles. The Morgan fingerprint density at radius 3 is 2.93 bits per heavy atom. The summed E-state index contributed by atoms with van der Waals surface area (Å²) in [6, 6.07) is 7.55. The molecule has 0 aliphatic heterocycles. The average molecular weight is 459 g/mol. The molecule has 0 unspecified atom stereocenters. The first kappa shape index (κ1) is 19.1. The molecule has 0 N–H and O–H groups in total. The Kier molecular flexibility index (Phi) is 5.01. The van der Waals surface area contributed by atoms with Crippen LogP contribution in [-0.4, -0.2) is 32.3 Å². The second-order valence-electron chi connectivity index (χ2n) is 6.14. The topological polar surface area (TPSA) is 113 Å². The highest BCUT2D eigenvalue weighted by Gasteiger charge is 2.23. The van der Waals surface area contributed by atoms with Gasteiger partial charge in [-0.3, -0.25) is 9.36 Å². The monoisotopic (exact) mass is 458 g/mol. The van der Waals surface area contributed by atoms with Crippen molar-refractivity contribution in [3.05, 3.63) is 62.6 Å². The van der Waals surface area contributed by atoms with Gasteiger partial charge in [-0.15, -0.1) is 0 Å². The van der Waals surface area contributed by atoms with Gasteiger partial charge in [0.1, 0.15) is 23.2 Å². The SMILES string of the molecule is CCOC(=O)c1noc2ncn(Cc3nc(-c4cccc(Br)c4)oc3C)c(=O)c12. The fourth-order valence-corrected chi connectivity index (χ4v) is 3.21. The fraction of sp³-hybridized carbons (Fsp3) is 0.211. The summed E-state index contributed by atoms with van der Waals surface area (Å²) in [7, 11) is 0. The van der Waals surface area contributed by atoms with Gasteiger partial charge in [0.2, 0.25) is 11.6 Å². The molecule has 0 aliphatic rings. The number of ether oxygens (including phenoxy) is 1. The van der Waals surface area contributed by atoms with E-state index < -0.39 is 11.5 Å². The summed E-state index contributed by atoms with van der Waals surface area (Å²) in [5.74, 6) is 0.276. The maximum Gasteiger partial charge on any atom is 0.361 e. The summed E-state index contributed by atoms with van der Waals surface area (Å²) in [6.07, 6.45) is 1.32. The molecule has 0 aliphatic carbocycles. The van der Waals surface area contributed by atoms with Gasteiger partial charge in [-0.05, 0) is 32.0 Å². The molecule has 1 aromatic carbocycles. The number of halogens is 1. The van der Waals surface area contributed by atoms with Crippen LogP contribution in [0.15, 0.2) is 48.8 Å². The number of aryl methyl sites for hydroxylation is 1. The van der Waals surface area contributed by atoms with Crippen LogP contribution >= 0.6 is 15.9 Å². The molecule has 3 aromatic heterocycles. The Morgan fingerprint density at radius 1 is 1.34 bits per heavy atom. The minimum atomic E-state index is -0.738. The highest BCUT2D eigenvalue weighted by Crippen LogP contribution is 2.25. The van der Waals surface area contributed by atoms with E-state index in [1.807, 2.05) is 24.3 Å². The number of nitrogens with zero attached hydrogens (tertiary/aromatic N) is 4. The number of fused-ring (bicyclic) bond motifs is 1. The number of carbonyl (C=O) groups is 1. The van der Waals surface area contributed by atoms with Crippen molar-refractivity contribution in [1.82, 2.24) is 19.7 Å². The third-order valence-corrected chi connectivity index (χ3v) is 4.71. The van der Waals surface area contributed by atoms with E-state index in [-0.39, 0.29) is 29.9 Å². The van der Waals surface area contributed by atoms with Gasteiger partial charge in [-0.2, -0.15) is 0 Å². The van der Waals surface area contributed by atoms with Crippen LogP contribution in [0.25, 0.3) is 22.6 Å². The van der Waals surface area contributed by atoms with Gasteiger partial charge in [0.05, 0.1) is 13.2 Å². The molecule has 0 radical (unpaired) electrons. The second-order valence-corrected chi connectivity index (χ2v) is 7.06. The van der Waals surface area contributed by atoms with Gasteiger partial charge in [0, 0.05) is 10.0 Å². The number of hydrogen-bond donors (Lipinski definition) is 0. The van der Waals surface area contributed by atoms with Crippen LogP contribution in [0, 0.1) is 6.92 Å². The first-order valence-electron chi connectivity index (χ1n) is 8.72. The largest absolute Gasteiger partial charge is 0.461 e. The summed E-state index contributed by atoms with van der Waals surface area (Å²) in [4.78, 5) is 33.5. The molecule has 9 nitrogen and oxygen atoms in total. The number of rotatable bonds is 5. The van der Waals surface area contributed by atoms with Crippen LogP contribution in [0.4, 0.5) is 0 Å². The summed E-state index contributed by atoms with van der Waals surface area (Å²) in [6.45, 7) is 3.69. The van der Waals surface area contributed by atoms with Crippen molar-refractivity contribution in [2.45, 2.75) is 20.4 Å². The standard InChI is InChI=1S/C19H15BrN4O5/c1-3-27-19(26)15-14-17(29-23-15)21-9-24(18(14)25)8-13-10(2)28-16(22-13)11-5-4-6-12(20)7-11/h4-7,9H,3,8H2,1-2H3. The Morgan fingerprint density at radius 2 is 2.17 bits per heavy atom. The average Bonchev–Trinajstić information content (AvgIpc) is 3.29. The first-order chi connectivity index (χ1) is 14.0. The van der Waals surface area contributed by atoms with E-state index in [1.165, 1.54) is 10.9 Å². The minimum absolute atomic E-state index is 0.0268. The number of hydrogen-bond acceptors (Lipinski definition) is 8. The van der Waals surface area contributed by atoms with Crippen molar-refractivity contribution in [3.63, 3.8) is 0 Å². The maximum absolute atomic E-state index is 12.9. The lowest BCUT2D eigenvalue weighted by molar-refractivity contribution is 0.0516. The molecule has 0 spiro atoms. The normalized spacial score (nSPS) is 11.1. The summed E-state index contributed by atoms with van der Waals surface area (Å²) in [5, 5.41) is 3.60. The number of oxazole rings is 1. The van der Waals surface area contributed by atoms with Crippen LogP contribution in [0.3, 0.4) is 0 Å². The molecule has 4 rings (SSSR count). The lowest BCUT2D eigenvalue weighted by Gasteiger charge is -2.03. The van der Waals surface area contributed by atoms with Crippen LogP contribution in [0.1, 0.15) is 28.9 Å². The summed E-state index contributed by atoms with van der Waals surface area (Å²) < 4.78 is 17.9. The van der Waals surface area contributed by atoms with E-state index in [1.54, 1.807) is 13.8 Å². The molecular weight excluding hydrogens is 444 g/mol. The molecule has 0 fully saturated rings. The molecule has 0 saturated heterocycles. The Hall–Kier alpha value is -3.27. The van der Waals surface area contributed by atoms with E-state index >= 15 is 0 Å². The summed E-state index contributed by atoms with van der Waals surface area (Å²) in [5.41, 5.74) is 0.669. The Balaban J connectivity index is 1.72. The van der Waals surface area contributed by atoms with Gasteiger partial charge >= 0.3 is 5.97 Å². The smallest absolute Gasteiger partial charge is 0.361 e. The third kappa shape index (κ3) is 3.58. The quantitative estimate of drug-likeness (QED) is 0.418. The van der Waals surface area contributed by atoms with E-state index in [0.717, 1.165) is 10.0 Å². The second kappa shape index (κ2) is 7.63. The van der Waals surface area contributed by atoms with E-state index in [0.29, 0.717) is 17.3 Å². The predicted octanol–water partition coefficient (Wildman–Crippen LogP) is 3.34. The van der Waals surface area contributed by atoms with Crippen LogP contribution in [-0.2, 0) is 11.3 Å². The Bertz CT molecular complexity index is 1270. The lowest BCUT2D eigenvalue weighted by Crippen LogP contribution is -2.23. The van der Waals surface area contributed by atoms with Crippen molar-refractivity contribution in [1.29, 1.82) is 0 Å². The van der Waals surface area contributed by atoms with Gasteiger partial charge in [-0.1, -0.05) is 27.2 Å². The number of esters is 1. The zero-order valence-corrected chi connectivity index (χ0v) is 17.1. The van der Waals surface area contributed by atoms with Crippen LogP contribution in [0.5, 0.6) is 0 Å². The molecule has 10 heteroatoms. The van der Waals surface area contributed by atoms with Crippen molar-refractivity contribution < 1.29 is 18.5 Å². The van der Waals surface area contributed by atoms with Crippen molar-refractivity contribution in [3.8, 4) is 11.5 Å². The van der Waals surface area contributed by atoms with Crippen LogP contribution in [0.2, 0.25) is 0 Å². The molecule has 4 aromatic rings. The molecule has 0 bridgehead atoms. The van der Waals surface area contributed by atoms with Crippen molar-refractivity contribution in [2.75, 3.05) is 6.61 Å². The number of carbonyl (C=O) groups excluding carboxylic acids is 1. The van der Waals surface area contributed by atoms with Crippen molar-refractivity contribution >= 4 is 33.0 Å². The maximum atomic E-state index is 12.9. The van der Waals surface area contributed by atoms with Gasteiger partial charge < -0.3 is 13.7 Å². The zero-order valence-electron chi connectivity index (χ0n) is 15.5. The van der Waals surface area contributed by atoms with Gasteiger partial charge in [0.25, 0.3) is 11.3 Å². The van der Waals surface area contributed by atoms with Gasteiger partial charge in [-0.25, -0.2) is 14.8 Å². The minimum Gasteiger partial charge on any atom is -0.461 e. The van der Waals surface area contributed by atoms with E-state index in [4.69, 9.17) is 13.7 Å². The Labute approximate surface area is 172 Å². The van der Waals surface area contributed by atoms with Gasteiger partial charge in [0.15, 0.2) is 0 Å². The number of benzene rings is 1. The number of aromatic nitrogens is 4. The molecule has 0 atom stereocenters. The highest BCUT2D eigenvalue weighted by molar-refractivity contribution is 9.10. The first-order valence-corrected chi connectivity index (χ1v) is 9.51. The fourth-order valence-electron chi connectivity index (χ4n) is 2.81. The van der Waals surface area contributed by atoms with E-state index in [2.05, 4.69) is 31.1 Å². The molecule has 0 saturated carbocycles. The molecule has 29 heavy (non-hydrogen) atoms. The van der Waals surface area contributed by atoms with E-state index in [9.17, 15) is 9.59 Å². The van der Waals surface area contributed by atoms with Crippen LogP contribution < -0.4 is 5.56 Å². The predicted molar refractivity (Wildman–Crippen MR) is 105 cm³/mol. The lowest BCUT2D eigenvalue weighted by atomic mass is 10.2. The third-order valence-electron chi connectivity index (χ3n) is 4.22. The molecule has 148 valence electrons. The molecular formula is C19H15BrN4O5.